The third-order valence-electron chi connectivity index (χ3n) is 4.57. The van der Waals surface area contributed by atoms with Gasteiger partial charge in [-0.1, -0.05) is 6.92 Å². The monoisotopic (exact) mass is 201 g/mol. The summed E-state index contributed by atoms with van der Waals surface area (Å²) in [6.07, 6.45) is -0.189. The summed E-state index contributed by atoms with van der Waals surface area (Å²) >= 11 is 0. The fraction of sp³-hybridized carbons (Fsp3) is 1.00. The molecule has 0 radical (unpaired) electrons. The second kappa shape index (κ2) is 3.47. The van der Waals surface area contributed by atoms with Gasteiger partial charge in [0.15, 0.2) is 0 Å². The Morgan fingerprint density at radius 1 is 1.36 bits per heavy atom. The third kappa shape index (κ3) is 1.38. The predicted octanol–water partition coefficient (Wildman–Crippen LogP) is 0.848. The van der Waals surface area contributed by atoms with Crippen LogP contribution in [0, 0.1) is 5.41 Å². The molecule has 1 heterocycles. The lowest BCUT2D eigenvalue weighted by atomic mass is 9.62. The van der Waals surface area contributed by atoms with Crippen LogP contribution in [0.15, 0.2) is 0 Å². The summed E-state index contributed by atoms with van der Waals surface area (Å²) in [6.45, 7) is 8.79. The van der Waals surface area contributed by atoms with Crippen LogP contribution < -0.4 is 0 Å². The van der Waals surface area contributed by atoms with Crippen molar-refractivity contribution >= 4 is 0 Å². The Bertz CT molecular complexity index is 215. The van der Waals surface area contributed by atoms with Crippen molar-refractivity contribution in [2.75, 3.05) is 13.6 Å². The molecule has 1 saturated heterocycles. The topological polar surface area (TPSA) is 43.7 Å². The minimum atomic E-state index is -0.504. The molecule has 14 heavy (non-hydrogen) atoms. The first-order chi connectivity index (χ1) is 6.24. The lowest BCUT2D eigenvalue weighted by molar-refractivity contribution is -0.164. The SMILES string of the molecule is CC(O)C1(C)C(O)CCN(C)C1(C)C. The average molecular weight is 201 g/mol. The number of hydrogen-bond donors (Lipinski definition) is 2. The summed E-state index contributed by atoms with van der Waals surface area (Å²) in [7, 11) is 2.05. The molecule has 0 aliphatic carbocycles. The highest BCUT2D eigenvalue weighted by molar-refractivity contribution is 5.06. The molecule has 0 aromatic heterocycles. The Kier molecular flexibility index (Phi) is 2.96. The van der Waals surface area contributed by atoms with Crippen LogP contribution in [0.4, 0.5) is 0 Å². The Labute approximate surface area is 86.7 Å². The molecule has 0 spiro atoms. The third-order valence-corrected chi connectivity index (χ3v) is 4.57. The molecule has 3 heteroatoms. The van der Waals surface area contributed by atoms with E-state index in [1.165, 1.54) is 0 Å². The highest BCUT2D eigenvalue weighted by Gasteiger charge is 2.54. The minimum Gasteiger partial charge on any atom is -0.393 e. The van der Waals surface area contributed by atoms with Crippen LogP contribution >= 0.6 is 0 Å². The van der Waals surface area contributed by atoms with E-state index in [1.807, 2.05) is 14.0 Å². The van der Waals surface area contributed by atoms with Gasteiger partial charge < -0.3 is 15.1 Å². The maximum atomic E-state index is 10.1. The van der Waals surface area contributed by atoms with Crippen molar-refractivity contribution in [2.24, 2.45) is 5.41 Å². The first-order valence-corrected chi connectivity index (χ1v) is 5.32. The molecule has 84 valence electrons. The van der Waals surface area contributed by atoms with Gasteiger partial charge >= 0.3 is 0 Å². The molecule has 3 unspecified atom stereocenters. The zero-order chi connectivity index (χ0) is 11.1. The molecule has 2 N–H and O–H groups in total. The first-order valence-electron chi connectivity index (χ1n) is 5.32. The van der Waals surface area contributed by atoms with Crippen molar-refractivity contribution in [3.63, 3.8) is 0 Å². The van der Waals surface area contributed by atoms with Crippen LogP contribution in [0.25, 0.3) is 0 Å². The Balaban J connectivity index is 3.08. The van der Waals surface area contributed by atoms with Gasteiger partial charge in [-0.15, -0.1) is 0 Å². The fourth-order valence-electron chi connectivity index (χ4n) is 2.50. The van der Waals surface area contributed by atoms with Gasteiger partial charge in [-0.3, -0.25) is 0 Å². The van der Waals surface area contributed by atoms with Crippen LogP contribution in [0.2, 0.25) is 0 Å². The summed E-state index contributed by atoms with van der Waals surface area (Å²) in [6, 6.07) is 0. The number of nitrogens with zero attached hydrogens (tertiary/aromatic N) is 1. The molecule has 0 saturated carbocycles. The summed E-state index contributed by atoms with van der Waals surface area (Å²) in [5.74, 6) is 0. The van der Waals surface area contributed by atoms with Crippen molar-refractivity contribution in [3.05, 3.63) is 0 Å². The molecule has 1 rings (SSSR count). The number of likely N-dealkylation sites (tertiary alicyclic amines) is 1. The van der Waals surface area contributed by atoms with E-state index in [0.29, 0.717) is 0 Å². The van der Waals surface area contributed by atoms with E-state index in [-0.39, 0.29) is 5.54 Å². The van der Waals surface area contributed by atoms with Crippen LogP contribution in [0.3, 0.4) is 0 Å². The van der Waals surface area contributed by atoms with Crippen LogP contribution in [0.5, 0.6) is 0 Å². The number of piperidine rings is 1. The second-order valence-electron chi connectivity index (χ2n) is 5.24. The Hall–Kier alpha value is -0.120. The van der Waals surface area contributed by atoms with E-state index >= 15 is 0 Å². The van der Waals surface area contributed by atoms with Crippen LogP contribution in [0.1, 0.15) is 34.1 Å². The molecular formula is C11H23NO2. The number of hydrogen-bond acceptors (Lipinski definition) is 3. The molecule has 1 aliphatic heterocycles. The van der Waals surface area contributed by atoms with Crippen molar-refractivity contribution in [1.29, 1.82) is 0 Å². The lowest BCUT2D eigenvalue weighted by Gasteiger charge is -2.57. The van der Waals surface area contributed by atoms with Gasteiger partial charge in [0.05, 0.1) is 12.2 Å². The smallest absolute Gasteiger partial charge is 0.0648 e. The fourth-order valence-corrected chi connectivity index (χ4v) is 2.50. The van der Waals surface area contributed by atoms with Crippen molar-refractivity contribution in [3.8, 4) is 0 Å². The maximum absolute atomic E-state index is 10.1. The standard InChI is InChI=1S/C11H23NO2/c1-8(13)11(4)9(14)6-7-12(5)10(11,2)3/h8-9,13-14H,6-7H2,1-5H3. The molecule has 1 fully saturated rings. The van der Waals surface area contributed by atoms with Gasteiger partial charge in [-0.25, -0.2) is 0 Å². The van der Waals surface area contributed by atoms with E-state index < -0.39 is 17.6 Å². The highest BCUT2D eigenvalue weighted by atomic mass is 16.3. The molecule has 0 aromatic carbocycles. The van der Waals surface area contributed by atoms with E-state index in [2.05, 4.69) is 18.7 Å². The van der Waals surface area contributed by atoms with E-state index in [0.717, 1.165) is 13.0 Å². The highest BCUT2D eigenvalue weighted by Crippen LogP contribution is 2.45. The number of rotatable bonds is 1. The Morgan fingerprint density at radius 2 is 1.86 bits per heavy atom. The predicted molar refractivity (Wildman–Crippen MR) is 57.1 cm³/mol. The van der Waals surface area contributed by atoms with E-state index in [1.54, 1.807) is 6.92 Å². The van der Waals surface area contributed by atoms with Crippen molar-refractivity contribution in [2.45, 2.75) is 51.9 Å². The van der Waals surface area contributed by atoms with Gasteiger partial charge in [0.2, 0.25) is 0 Å². The summed E-state index contributed by atoms with van der Waals surface area (Å²) < 4.78 is 0. The normalized spacial score (nSPS) is 40.9. The van der Waals surface area contributed by atoms with Gasteiger partial charge in [0.1, 0.15) is 0 Å². The molecule has 1 aliphatic rings. The van der Waals surface area contributed by atoms with Crippen molar-refractivity contribution in [1.82, 2.24) is 4.90 Å². The molecular weight excluding hydrogens is 178 g/mol. The number of aliphatic hydroxyl groups is 2. The van der Waals surface area contributed by atoms with Crippen molar-refractivity contribution < 1.29 is 10.2 Å². The van der Waals surface area contributed by atoms with Gasteiger partial charge in [0.25, 0.3) is 0 Å². The summed E-state index contributed by atoms with van der Waals surface area (Å²) in [5, 5.41) is 19.9. The molecule has 3 nitrogen and oxygen atoms in total. The Morgan fingerprint density at radius 3 is 2.21 bits per heavy atom. The molecule has 0 amide bonds. The summed E-state index contributed by atoms with van der Waals surface area (Å²) in [5.41, 5.74) is -0.640. The zero-order valence-corrected chi connectivity index (χ0v) is 9.91. The molecule has 0 bridgehead atoms. The molecule has 3 atom stereocenters. The van der Waals surface area contributed by atoms with Gasteiger partial charge in [-0.05, 0) is 34.2 Å². The average Bonchev–Trinajstić information content (AvgIpc) is 2.09. The summed E-state index contributed by atoms with van der Waals surface area (Å²) in [4.78, 5) is 2.21. The van der Waals surface area contributed by atoms with Crippen LogP contribution in [-0.4, -0.2) is 46.5 Å². The van der Waals surface area contributed by atoms with Gasteiger partial charge in [0, 0.05) is 17.5 Å². The van der Waals surface area contributed by atoms with E-state index in [9.17, 15) is 10.2 Å². The van der Waals surface area contributed by atoms with Gasteiger partial charge in [-0.2, -0.15) is 0 Å². The molecule has 0 aromatic rings. The van der Waals surface area contributed by atoms with E-state index in [4.69, 9.17) is 0 Å². The first kappa shape index (κ1) is 12.0. The quantitative estimate of drug-likeness (QED) is 0.661. The zero-order valence-electron chi connectivity index (χ0n) is 9.91. The maximum Gasteiger partial charge on any atom is 0.0648 e. The largest absolute Gasteiger partial charge is 0.393 e. The lowest BCUT2D eigenvalue weighted by Crippen LogP contribution is -2.66. The second-order valence-corrected chi connectivity index (χ2v) is 5.24. The number of aliphatic hydroxyl groups excluding tert-OH is 2. The van der Waals surface area contributed by atoms with Crippen LogP contribution in [-0.2, 0) is 0 Å². The minimum absolute atomic E-state index is 0.182.